The van der Waals surface area contributed by atoms with Gasteiger partial charge in [-0.3, -0.25) is 0 Å². The Labute approximate surface area is 135 Å². The summed E-state index contributed by atoms with van der Waals surface area (Å²) in [6.45, 7) is 1.94. The summed E-state index contributed by atoms with van der Waals surface area (Å²) in [6, 6.07) is 10.5. The molecular formula is C14H11Cl2FIN. The lowest BCUT2D eigenvalue weighted by Gasteiger charge is -2.17. The molecule has 0 saturated carbocycles. The summed E-state index contributed by atoms with van der Waals surface area (Å²) < 4.78 is 14.5. The molecule has 0 bridgehead atoms. The van der Waals surface area contributed by atoms with Crippen molar-refractivity contribution in [1.82, 2.24) is 0 Å². The number of rotatable bonds is 3. The Bertz CT molecular complexity index is 604. The molecule has 1 nitrogen and oxygen atoms in total. The van der Waals surface area contributed by atoms with Crippen molar-refractivity contribution in [3.63, 3.8) is 0 Å². The number of halogens is 4. The topological polar surface area (TPSA) is 12.0 Å². The van der Waals surface area contributed by atoms with Crippen molar-refractivity contribution < 1.29 is 4.39 Å². The Hall–Kier alpha value is -0.520. The van der Waals surface area contributed by atoms with Gasteiger partial charge in [-0.25, -0.2) is 4.39 Å². The molecule has 0 amide bonds. The predicted molar refractivity (Wildman–Crippen MR) is 87.6 cm³/mol. The average Bonchev–Trinajstić information content (AvgIpc) is 2.36. The number of hydrogen-bond acceptors (Lipinski definition) is 1. The van der Waals surface area contributed by atoms with Gasteiger partial charge in [-0.2, -0.15) is 0 Å². The first-order valence-electron chi connectivity index (χ1n) is 5.64. The van der Waals surface area contributed by atoms with Crippen LogP contribution in [0.5, 0.6) is 0 Å². The van der Waals surface area contributed by atoms with Crippen molar-refractivity contribution in [2.75, 3.05) is 5.32 Å². The molecule has 0 spiro atoms. The van der Waals surface area contributed by atoms with E-state index in [4.69, 9.17) is 23.2 Å². The molecule has 0 aliphatic heterocycles. The minimum Gasteiger partial charge on any atom is -0.377 e. The second kappa shape index (κ2) is 6.29. The fourth-order valence-electron chi connectivity index (χ4n) is 1.70. The molecule has 19 heavy (non-hydrogen) atoms. The summed E-state index contributed by atoms with van der Waals surface area (Å²) in [7, 11) is 0. The summed E-state index contributed by atoms with van der Waals surface area (Å²) in [6.07, 6.45) is 0. The Morgan fingerprint density at radius 1 is 1.11 bits per heavy atom. The van der Waals surface area contributed by atoms with E-state index in [1.165, 1.54) is 6.07 Å². The summed E-state index contributed by atoms with van der Waals surface area (Å²) >= 11 is 14.0. The van der Waals surface area contributed by atoms with E-state index in [1.807, 2.05) is 25.1 Å². The molecule has 100 valence electrons. The van der Waals surface area contributed by atoms with Crippen molar-refractivity contribution in [2.24, 2.45) is 0 Å². The first-order chi connectivity index (χ1) is 8.97. The maximum atomic E-state index is 13.4. The smallest absolute Gasteiger partial charge is 0.142 e. The van der Waals surface area contributed by atoms with Crippen LogP contribution < -0.4 is 5.32 Å². The van der Waals surface area contributed by atoms with E-state index in [1.54, 1.807) is 12.1 Å². The third kappa shape index (κ3) is 3.74. The normalized spacial score (nSPS) is 12.3. The monoisotopic (exact) mass is 409 g/mol. The van der Waals surface area contributed by atoms with E-state index < -0.39 is 5.82 Å². The summed E-state index contributed by atoms with van der Waals surface area (Å²) in [5.41, 5.74) is 1.64. The summed E-state index contributed by atoms with van der Waals surface area (Å²) in [4.78, 5) is 0. The van der Waals surface area contributed by atoms with Crippen molar-refractivity contribution in [1.29, 1.82) is 0 Å². The first kappa shape index (κ1) is 14.9. The molecule has 2 aromatic rings. The van der Waals surface area contributed by atoms with Gasteiger partial charge < -0.3 is 5.32 Å². The first-order valence-corrected chi connectivity index (χ1v) is 7.47. The van der Waals surface area contributed by atoms with Gasteiger partial charge in [-0.15, -0.1) is 0 Å². The van der Waals surface area contributed by atoms with Crippen LogP contribution in [0.3, 0.4) is 0 Å². The molecule has 1 atom stereocenters. The van der Waals surface area contributed by atoms with E-state index in [-0.39, 0.29) is 11.1 Å². The van der Waals surface area contributed by atoms with Crippen molar-refractivity contribution >= 4 is 51.5 Å². The Morgan fingerprint density at radius 2 is 1.84 bits per heavy atom. The van der Waals surface area contributed by atoms with Gasteiger partial charge in [0.15, 0.2) is 0 Å². The quantitative estimate of drug-likeness (QED) is 0.621. The number of nitrogens with one attached hydrogen (secondary N) is 1. The Morgan fingerprint density at radius 3 is 2.47 bits per heavy atom. The summed E-state index contributed by atoms with van der Waals surface area (Å²) in [5.74, 6) is -0.415. The van der Waals surface area contributed by atoms with E-state index in [0.29, 0.717) is 5.02 Å². The molecule has 1 N–H and O–H groups in total. The highest BCUT2D eigenvalue weighted by atomic mass is 127. The van der Waals surface area contributed by atoms with E-state index in [9.17, 15) is 4.39 Å². The van der Waals surface area contributed by atoms with Gasteiger partial charge in [0.05, 0.1) is 15.7 Å². The van der Waals surface area contributed by atoms with Crippen LogP contribution >= 0.6 is 45.8 Å². The lowest BCUT2D eigenvalue weighted by molar-refractivity contribution is 0.624. The highest BCUT2D eigenvalue weighted by molar-refractivity contribution is 14.1. The van der Waals surface area contributed by atoms with Crippen LogP contribution in [0.1, 0.15) is 18.5 Å². The lowest BCUT2D eigenvalue weighted by Crippen LogP contribution is -2.07. The highest BCUT2D eigenvalue weighted by Gasteiger charge is 2.10. The Balaban J connectivity index is 2.20. The number of benzene rings is 2. The minimum atomic E-state index is -0.415. The molecule has 2 rings (SSSR count). The Kier molecular flexibility index (Phi) is 4.92. The fourth-order valence-corrected chi connectivity index (χ4v) is 2.73. The second-order valence-electron chi connectivity index (χ2n) is 4.16. The lowest BCUT2D eigenvalue weighted by atomic mass is 10.1. The van der Waals surface area contributed by atoms with Crippen LogP contribution in [0, 0.1) is 9.39 Å². The average molecular weight is 410 g/mol. The maximum Gasteiger partial charge on any atom is 0.142 e. The van der Waals surface area contributed by atoms with Gasteiger partial charge in [-0.05, 0) is 65.4 Å². The fraction of sp³-hybridized carbons (Fsp3) is 0.143. The van der Waals surface area contributed by atoms with Crippen molar-refractivity contribution in [3.05, 3.63) is 61.4 Å². The summed E-state index contributed by atoms with van der Waals surface area (Å²) in [5, 5.41) is 4.03. The molecular weight excluding hydrogens is 399 g/mol. The molecule has 0 fully saturated rings. The van der Waals surface area contributed by atoms with Crippen LogP contribution in [0.15, 0.2) is 36.4 Å². The van der Waals surface area contributed by atoms with Crippen LogP contribution in [0.2, 0.25) is 10.0 Å². The molecule has 0 heterocycles. The zero-order valence-corrected chi connectivity index (χ0v) is 13.7. The van der Waals surface area contributed by atoms with Gasteiger partial charge in [-0.1, -0.05) is 29.3 Å². The van der Waals surface area contributed by atoms with Crippen molar-refractivity contribution in [3.8, 4) is 0 Å². The molecule has 1 unspecified atom stereocenters. The van der Waals surface area contributed by atoms with E-state index in [2.05, 4.69) is 27.9 Å². The van der Waals surface area contributed by atoms with Crippen LogP contribution in [0.4, 0.5) is 10.1 Å². The van der Waals surface area contributed by atoms with Crippen molar-refractivity contribution in [2.45, 2.75) is 13.0 Å². The SMILES string of the molecule is CC(Nc1ccc(I)cc1Cl)c1ccc(Cl)c(F)c1. The van der Waals surface area contributed by atoms with Gasteiger partial charge in [0.2, 0.25) is 0 Å². The van der Waals surface area contributed by atoms with Gasteiger partial charge in [0.1, 0.15) is 5.82 Å². The van der Waals surface area contributed by atoms with Crippen LogP contribution in [0.25, 0.3) is 0 Å². The minimum absolute atomic E-state index is 0.0654. The zero-order chi connectivity index (χ0) is 14.0. The number of hydrogen-bond donors (Lipinski definition) is 1. The van der Waals surface area contributed by atoms with Crippen LogP contribution in [-0.2, 0) is 0 Å². The van der Waals surface area contributed by atoms with Crippen LogP contribution in [-0.4, -0.2) is 0 Å². The molecule has 0 aromatic heterocycles. The highest BCUT2D eigenvalue weighted by Crippen LogP contribution is 2.28. The van der Waals surface area contributed by atoms with Gasteiger partial charge >= 0.3 is 0 Å². The molecule has 0 aliphatic rings. The molecule has 2 aromatic carbocycles. The largest absolute Gasteiger partial charge is 0.377 e. The zero-order valence-electron chi connectivity index (χ0n) is 10.1. The molecule has 0 saturated heterocycles. The predicted octanol–water partition coefficient (Wildman–Crippen LogP) is 5.91. The molecule has 0 radical (unpaired) electrons. The van der Waals surface area contributed by atoms with E-state index >= 15 is 0 Å². The van der Waals surface area contributed by atoms with Gasteiger partial charge in [0.25, 0.3) is 0 Å². The maximum absolute atomic E-state index is 13.4. The standard InChI is InChI=1S/C14H11Cl2FIN/c1-8(9-2-4-11(15)13(17)6-9)19-14-5-3-10(18)7-12(14)16/h2-8,19H,1H3. The third-order valence-corrected chi connectivity index (χ3v) is 4.04. The van der Waals surface area contributed by atoms with E-state index in [0.717, 1.165) is 14.8 Å². The van der Waals surface area contributed by atoms with Gasteiger partial charge in [0, 0.05) is 9.61 Å². The molecule has 0 aliphatic carbocycles. The third-order valence-electron chi connectivity index (χ3n) is 2.75. The molecule has 5 heteroatoms. The second-order valence-corrected chi connectivity index (χ2v) is 6.22. The number of anilines is 1.